The maximum absolute atomic E-state index is 12.5. The van der Waals surface area contributed by atoms with E-state index in [2.05, 4.69) is 38.2 Å². The highest BCUT2D eigenvalue weighted by atomic mass is 31.2. The first-order chi connectivity index (χ1) is 24.3. The van der Waals surface area contributed by atoms with Gasteiger partial charge in [0.1, 0.15) is 6.61 Å². The summed E-state index contributed by atoms with van der Waals surface area (Å²) >= 11 is 0. The molecule has 0 saturated carbocycles. The SMILES string of the molecule is CCCCCC=CCC=CCCCCCCCCCC(=O)OCC(COP(=O)(O)OCCN)OC(=O)CCCCCCCCCCCCCC. The highest BCUT2D eigenvalue weighted by Crippen LogP contribution is 2.43. The summed E-state index contributed by atoms with van der Waals surface area (Å²) in [6.45, 7) is 3.70. The van der Waals surface area contributed by atoms with E-state index in [1.54, 1.807) is 0 Å². The number of allylic oxidation sites excluding steroid dienone is 4. The number of unbranched alkanes of at least 4 members (excludes halogenated alkanes) is 21. The molecule has 294 valence electrons. The first kappa shape index (κ1) is 48.5. The minimum absolute atomic E-state index is 0.0537. The van der Waals surface area contributed by atoms with Crippen molar-refractivity contribution in [2.24, 2.45) is 5.73 Å². The molecular weight excluding hydrogens is 653 g/mol. The van der Waals surface area contributed by atoms with Gasteiger partial charge in [-0.25, -0.2) is 4.57 Å². The minimum Gasteiger partial charge on any atom is -0.462 e. The molecule has 3 N–H and O–H groups in total. The van der Waals surface area contributed by atoms with Crippen LogP contribution in [0.1, 0.15) is 187 Å². The van der Waals surface area contributed by atoms with Gasteiger partial charge in [-0.05, 0) is 44.9 Å². The van der Waals surface area contributed by atoms with Gasteiger partial charge in [-0.15, -0.1) is 0 Å². The number of rotatable bonds is 38. The predicted molar refractivity (Wildman–Crippen MR) is 206 cm³/mol. The van der Waals surface area contributed by atoms with Crippen molar-refractivity contribution in [1.82, 2.24) is 0 Å². The molecule has 0 radical (unpaired) electrons. The smallest absolute Gasteiger partial charge is 0.462 e. The van der Waals surface area contributed by atoms with Crippen molar-refractivity contribution in [3.8, 4) is 0 Å². The number of hydrogen-bond donors (Lipinski definition) is 2. The molecule has 50 heavy (non-hydrogen) atoms. The Bertz CT molecular complexity index is 881. The molecule has 10 heteroatoms. The van der Waals surface area contributed by atoms with Crippen molar-refractivity contribution in [3.63, 3.8) is 0 Å². The van der Waals surface area contributed by atoms with Crippen LogP contribution in [0.3, 0.4) is 0 Å². The lowest BCUT2D eigenvalue weighted by atomic mass is 10.0. The summed E-state index contributed by atoms with van der Waals surface area (Å²) in [6.07, 6.45) is 37.7. The monoisotopic (exact) mass is 730 g/mol. The van der Waals surface area contributed by atoms with Crippen molar-refractivity contribution in [2.75, 3.05) is 26.4 Å². The van der Waals surface area contributed by atoms with Crippen LogP contribution in [0.2, 0.25) is 0 Å². The zero-order valence-corrected chi connectivity index (χ0v) is 33.0. The van der Waals surface area contributed by atoms with Gasteiger partial charge in [0, 0.05) is 19.4 Å². The Balaban J connectivity index is 4.17. The maximum atomic E-state index is 12.5. The highest BCUT2D eigenvalue weighted by molar-refractivity contribution is 7.47. The fourth-order valence-electron chi connectivity index (χ4n) is 5.55. The van der Waals surface area contributed by atoms with Crippen LogP contribution in [0.15, 0.2) is 24.3 Å². The summed E-state index contributed by atoms with van der Waals surface area (Å²) in [7, 11) is -4.37. The van der Waals surface area contributed by atoms with Gasteiger partial charge in [-0.1, -0.05) is 154 Å². The molecule has 0 aliphatic rings. The molecule has 0 rings (SSSR count). The molecule has 0 bridgehead atoms. The Morgan fingerprint density at radius 3 is 1.56 bits per heavy atom. The molecule has 0 fully saturated rings. The molecule has 0 heterocycles. The minimum atomic E-state index is -4.37. The molecule has 0 amide bonds. The fraction of sp³-hybridized carbons (Fsp3) is 0.850. The van der Waals surface area contributed by atoms with Crippen LogP contribution in [-0.2, 0) is 32.7 Å². The van der Waals surface area contributed by atoms with Crippen molar-refractivity contribution < 1.29 is 37.6 Å². The van der Waals surface area contributed by atoms with Crippen LogP contribution in [-0.4, -0.2) is 49.3 Å². The number of hydrogen-bond acceptors (Lipinski definition) is 8. The summed E-state index contributed by atoms with van der Waals surface area (Å²) < 4.78 is 32.7. The normalized spacial score (nSPS) is 13.6. The van der Waals surface area contributed by atoms with Crippen molar-refractivity contribution >= 4 is 19.8 Å². The molecule has 0 aromatic heterocycles. The topological polar surface area (TPSA) is 134 Å². The van der Waals surface area contributed by atoms with E-state index < -0.39 is 26.5 Å². The number of phosphoric acid groups is 1. The molecule has 0 spiro atoms. The van der Waals surface area contributed by atoms with E-state index in [0.717, 1.165) is 51.4 Å². The summed E-state index contributed by atoms with van der Waals surface area (Å²) in [5.74, 6) is -0.833. The first-order valence-electron chi connectivity index (χ1n) is 20.3. The average molecular weight is 730 g/mol. The lowest BCUT2D eigenvalue weighted by molar-refractivity contribution is -0.161. The number of nitrogens with two attached hydrogens (primary N) is 1. The van der Waals surface area contributed by atoms with E-state index in [1.807, 2.05) is 0 Å². The largest absolute Gasteiger partial charge is 0.472 e. The van der Waals surface area contributed by atoms with Gasteiger partial charge < -0.3 is 20.1 Å². The molecule has 2 unspecified atom stereocenters. The number of carbonyl (C=O) groups is 2. The Hall–Kier alpha value is -1.51. The van der Waals surface area contributed by atoms with Crippen LogP contribution < -0.4 is 5.73 Å². The van der Waals surface area contributed by atoms with Gasteiger partial charge in [-0.2, -0.15) is 0 Å². The molecule has 0 aromatic carbocycles. The molecule has 0 saturated heterocycles. The van der Waals surface area contributed by atoms with E-state index >= 15 is 0 Å². The van der Waals surface area contributed by atoms with Gasteiger partial charge >= 0.3 is 19.8 Å². The molecule has 0 aliphatic carbocycles. The number of esters is 2. The Kier molecular flexibility index (Phi) is 36.1. The second-order valence-electron chi connectivity index (χ2n) is 13.5. The van der Waals surface area contributed by atoms with Crippen molar-refractivity contribution in [1.29, 1.82) is 0 Å². The average Bonchev–Trinajstić information content (AvgIpc) is 3.10. The lowest BCUT2D eigenvalue weighted by Gasteiger charge is -2.19. The fourth-order valence-corrected chi connectivity index (χ4v) is 6.31. The van der Waals surface area contributed by atoms with Crippen LogP contribution in [0.5, 0.6) is 0 Å². The Morgan fingerprint density at radius 1 is 0.600 bits per heavy atom. The number of phosphoric ester groups is 1. The van der Waals surface area contributed by atoms with E-state index in [0.29, 0.717) is 6.42 Å². The second kappa shape index (κ2) is 37.3. The van der Waals surface area contributed by atoms with E-state index in [-0.39, 0.29) is 38.6 Å². The number of carbonyl (C=O) groups excluding carboxylic acids is 2. The highest BCUT2D eigenvalue weighted by Gasteiger charge is 2.26. The van der Waals surface area contributed by atoms with Crippen molar-refractivity contribution in [2.45, 2.75) is 193 Å². The van der Waals surface area contributed by atoms with Gasteiger partial charge in [0.2, 0.25) is 0 Å². The van der Waals surface area contributed by atoms with Gasteiger partial charge in [-0.3, -0.25) is 18.6 Å². The molecular formula is C40H76NO8P. The lowest BCUT2D eigenvalue weighted by Crippen LogP contribution is -2.29. The summed E-state index contributed by atoms with van der Waals surface area (Å²) in [5, 5.41) is 0. The van der Waals surface area contributed by atoms with Crippen molar-refractivity contribution in [3.05, 3.63) is 24.3 Å². The van der Waals surface area contributed by atoms with Gasteiger partial charge in [0.25, 0.3) is 0 Å². The standard InChI is InChI=1S/C40H76NO8P/c1-3-5-7-9-11-13-15-17-18-19-20-21-23-24-26-28-30-32-39(42)46-36-38(37-48-50(44,45)47-35-34-41)49-40(43)33-31-29-27-25-22-16-14-12-10-8-6-4-2/h11,13,17-18,38H,3-10,12,14-16,19-37,41H2,1-2H3,(H,44,45). The zero-order valence-electron chi connectivity index (χ0n) is 32.1. The quantitative estimate of drug-likeness (QED) is 0.0275. The summed E-state index contributed by atoms with van der Waals surface area (Å²) in [4.78, 5) is 34.7. The summed E-state index contributed by atoms with van der Waals surface area (Å²) in [5.41, 5.74) is 5.33. The van der Waals surface area contributed by atoms with Gasteiger partial charge in [0.05, 0.1) is 13.2 Å². The van der Waals surface area contributed by atoms with Gasteiger partial charge in [0.15, 0.2) is 6.10 Å². The second-order valence-corrected chi connectivity index (χ2v) is 15.0. The van der Waals surface area contributed by atoms with Crippen LogP contribution in [0, 0.1) is 0 Å². The molecule has 9 nitrogen and oxygen atoms in total. The molecule has 0 aromatic rings. The molecule has 0 aliphatic heterocycles. The third kappa shape index (κ3) is 36.3. The Labute approximate surface area is 306 Å². The Morgan fingerprint density at radius 2 is 1.04 bits per heavy atom. The van der Waals surface area contributed by atoms with Crippen LogP contribution >= 0.6 is 7.82 Å². The van der Waals surface area contributed by atoms with E-state index in [4.69, 9.17) is 24.3 Å². The third-order valence-electron chi connectivity index (χ3n) is 8.59. The van der Waals surface area contributed by atoms with E-state index in [9.17, 15) is 19.0 Å². The molecule has 2 atom stereocenters. The maximum Gasteiger partial charge on any atom is 0.472 e. The number of ether oxygens (including phenoxy) is 2. The van der Waals surface area contributed by atoms with Crippen LogP contribution in [0.4, 0.5) is 0 Å². The predicted octanol–water partition coefficient (Wildman–Crippen LogP) is 11.2. The van der Waals surface area contributed by atoms with Crippen LogP contribution in [0.25, 0.3) is 0 Å². The first-order valence-corrected chi connectivity index (χ1v) is 21.8. The van der Waals surface area contributed by atoms with E-state index in [1.165, 1.54) is 103 Å². The zero-order chi connectivity index (χ0) is 36.8. The summed E-state index contributed by atoms with van der Waals surface area (Å²) in [6, 6.07) is 0. The third-order valence-corrected chi connectivity index (χ3v) is 9.57.